The Morgan fingerprint density at radius 1 is 1.03 bits per heavy atom. The number of anilines is 2. The number of amides is 1. The number of carbonyl (C=O) groups excluding carboxylic acids is 1. The molecule has 32 heavy (non-hydrogen) atoms. The smallest absolute Gasteiger partial charge is 0.412 e. The zero-order chi connectivity index (χ0) is 23.1. The number of aromatic nitrogens is 1. The molecule has 1 aromatic heterocycles. The van der Waals surface area contributed by atoms with Gasteiger partial charge in [-0.25, -0.2) is 9.78 Å². The summed E-state index contributed by atoms with van der Waals surface area (Å²) in [7, 11) is 0. The van der Waals surface area contributed by atoms with Gasteiger partial charge in [-0.3, -0.25) is 5.32 Å². The Bertz CT molecular complexity index is 1040. The van der Waals surface area contributed by atoms with Gasteiger partial charge in [0.2, 0.25) is 0 Å². The lowest BCUT2D eigenvalue weighted by Gasteiger charge is -2.30. The van der Waals surface area contributed by atoms with Crippen molar-refractivity contribution in [2.45, 2.75) is 40.2 Å². The van der Waals surface area contributed by atoms with E-state index >= 15 is 0 Å². The summed E-state index contributed by atoms with van der Waals surface area (Å²) in [4.78, 5) is 19.2. The third-order valence-corrected chi connectivity index (χ3v) is 4.87. The minimum atomic E-state index is -0.533. The Morgan fingerprint density at radius 3 is 2.34 bits per heavy atom. The van der Waals surface area contributed by atoms with E-state index in [9.17, 15) is 4.79 Å². The third-order valence-electron chi connectivity index (χ3n) is 4.87. The molecule has 0 spiro atoms. The van der Waals surface area contributed by atoms with E-state index in [1.807, 2.05) is 77.1 Å². The van der Waals surface area contributed by atoms with Crippen LogP contribution >= 0.6 is 0 Å². The molecule has 6 heteroatoms. The maximum absolute atomic E-state index is 12.0. The minimum Gasteiger partial charge on any atom is -0.444 e. The first-order valence-electron chi connectivity index (χ1n) is 11.2. The summed E-state index contributed by atoms with van der Waals surface area (Å²) in [5.74, 6) is 0. The third kappa shape index (κ3) is 5.98. The summed E-state index contributed by atoms with van der Waals surface area (Å²) in [5.41, 5.74) is 4.18. The maximum atomic E-state index is 12.0. The van der Waals surface area contributed by atoms with E-state index in [1.165, 1.54) is 5.69 Å². The fourth-order valence-corrected chi connectivity index (χ4v) is 3.52. The molecule has 0 saturated carbocycles. The SMILES string of the molecule is CC.CC(C)(C)OC(=O)Nc1ccc(-c2cc(N3CCOCC3)c3ccccc3n2)cc1. The van der Waals surface area contributed by atoms with E-state index in [-0.39, 0.29) is 0 Å². The van der Waals surface area contributed by atoms with E-state index in [1.54, 1.807) is 0 Å². The fraction of sp³-hybridized carbons (Fsp3) is 0.385. The van der Waals surface area contributed by atoms with Gasteiger partial charge in [0.05, 0.1) is 24.4 Å². The molecule has 0 radical (unpaired) electrons. The molecule has 0 unspecified atom stereocenters. The summed E-state index contributed by atoms with van der Waals surface area (Å²) in [6, 6.07) is 18.0. The summed E-state index contributed by atoms with van der Waals surface area (Å²) in [5, 5.41) is 3.91. The van der Waals surface area contributed by atoms with Crippen molar-refractivity contribution in [3.8, 4) is 11.3 Å². The highest BCUT2D eigenvalue weighted by molar-refractivity contribution is 5.94. The van der Waals surface area contributed by atoms with Crippen LogP contribution in [-0.2, 0) is 9.47 Å². The summed E-state index contributed by atoms with van der Waals surface area (Å²) >= 11 is 0. The lowest BCUT2D eigenvalue weighted by molar-refractivity contribution is 0.0636. The number of morpholine rings is 1. The van der Waals surface area contributed by atoms with Gasteiger partial charge in [0, 0.05) is 35.4 Å². The Morgan fingerprint density at radius 2 is 1.69 bits per heavy atom. The average molecular weight is 436 g/mol. The quantitative estimate of drug-likeness (QED) is 0.538. The van der Waals surface area contributed by atoms with Crippen molar-refractivity contribution in [2.24, 2.45) is 0 Å². The molecule has 170 valence electrons. The van der Waals surface area contributed by atoms with Crippen molar-refractivity contribution >= 4 is 28.4 Å². The van der Waals surface area contributed by atoms with E-state index in [4.69, 9.17) is 14.5 Å². The molecule has 1 amide bonds. The second kappa shape index (κ2) is 10.5. The monoisotopic (exact) mass is 435 g/mol. The zero-order valence-electron chi connectivity index (χ0n) is 19.6. The van der Waals surface area contributed by atoms with Gasteiger partial charge in [0.15, 0.2) is 0 Å². The number of pyridine rings is 1. The second-order valence-corrected chi connectivity index (χ2v) is 8.35. The minimum absolute atomic E-state index is 0.464. The van der Waals surface area contributed by atoms with E-state index < -0.39 is 11.7 Å². The number of nitrogens with one attached hydrogen (secondary N) is 1. The van der Waals surface area contributed by atoms with Gasteiger partial charge in [0.1, 0.15) is 5.60 Å². The van der Waals surface area contributed by atoms with Crippen LogP contribution in [0.5, 0.6) is 0 Å². The van der Waals surface area contributed by atoms with Crippen LogP contribution in [0.3, 0.4) is 0 Å². The predicted molar refractivity (Wildman–Crippen MR) is 131 cm³/mol. The number of hydrogen-bond donors (Lipinski definition) is 1. The fourth-order valence-electron chi connectivity index (χ4n) is 3.52. The first kappa shape index (κ1) is 23.5. The highest BCUT2D eigenvalue weighted by Gasteiger charge is 2.18. The van der Waals surface area contributed by atoms with Gasteiger partial charge in [-0.1, -0.05) is 44.2 Å². The Hall–Kier alpha value is -3.12. The van der Waals surface area contributed by atoms with Crippen molar-refractivity contribution in [3.63, 3.8) is 0 Å². The Kier molecular flexibility index (Phi) is 7.70. The van der Waals surface area contributed by atoms with Crippen LogP contribution in [0, 0.1) is 0 Å². The van der Waals surface area contributed by atoms with Gasteiger partial charge in [-0.2, -0.15) is 0 Å². The van der Waals surface area contributed by atoms with Gasteiger partial charge < -0.3 is 14.4 Å². The average Bonchev–Trinajstić information content (AvgIpc) is 2.79. The predicted octanol–water partition coefficient (Wildman–Crippen LogP) is 6.11. The Balaban J connectivity index is 0.00000141. The number of nitrogens with zero attached hydrogens (tertiary/aromatic N) is 2. The molecule has 0 atom stereocenters. The number of carbonyl (C=O) groups is 1. The second-order valence-electron chi connectivity index (χ2n) is 8.35. The normalized spacial score (nSPS) is 13.8. The summed E-state index contributed by atoms with van der Waals surface area (Å²) < 4.78 is 10.8. The molecular weight excluding hydrogens is 402 g/mol. The number of rotatable bonds is 3. The van der Waals surface area contributed by atoms with Crippen LogP contribution in [0.1, 0.15) is 34.6 Å². The molecule has 1 aliphatic heterocycles. The molecule has 0 aliphatic carbocycles. The highest BCUT2D eigenvalue weighted by Crippen LogP contribution is 2.32. The van der Waals surface area contributed by atoms with E-state index in [2.05, 4.69) is 22.3 Å². The van der Waals surface area contributed by atoms with Gasteiger partial charge >= 0.3 is 6.09 Å². The highest BCUT2D eigenvalue weighted by atomic mass is 16.6. The van der Waals surface area contributed by atoms with Crippen molar-refractivity contribution in [2.75, 3.05) is 36.5 Å². The van der Waals surface area contributed by atoms with Crippen molar-refractivity contribution < 1.29 is 14.3 Å². The van der Waals surface area contributed by atoms with Crippen molar-refractivity contribution in [1.82, 2.24) is 4.98 Å². The van der Waals surface area contributed by atoms with E-state index in [0.717, 1.165) is 48.5 Å². The molecular formula is C26H33N3O3. The topological polar surface area (TPSA) is 63.7 Å². The number of fused-ring (bicyclic) bond motifs is 1. The van der Waals surface area contributed by atoms with Crippen LogP contribution in [-0.4, -0.2) is 43.0 Å². The lowest BCUT2D eigenvalue weighted by Crippen LogP contribution is -2.36. The van der Waals surface area contributed by atoms with Gasteiger partial charge in [-0.05, 0) is 45.0 Å². The zero-order valence-corrected chi connectivity index (χ0v) is 19.6. The largest absolute Gasteiger partial charge is 0.444 e. The molecule has 6 nitrogen and oxygen atoms in total. The molecule has 0 bridgehead atoms. The number of benzene rings is 2. The first-order chi connectivity index (χ1) is 15.4. The Labute approximate surface area is 190 Å². The molecule has 1 saturated heterocycles. The molecule has 1 N–H and O–H groups in total. The van der Waals surface area contributed by atoms with Gasteiger partial charge in [-0.15, -0.1) is 0 Å². The van der Waals surface area contributed by atoms with Crippen molar-refractivity contribution in [3.05, 3.63) is 54.6 Å². The molecule has 1 aliphatic rings. The van der Waals surface area contributed by atoms with Crippen LogP contribution in [0.25, 0.3) is 22.2 Å². The molecule has 2 heterocycles. The summed E-state index contributed by atoms with van der Waals surface area (Å²) in [6.07, 6.45) is -0.464. The van der Waals surface area contributed by atoms with E-state index in [0.29, 0.717) is 5.69 Å². The standard InChI is InChI=1S/C24H27N3O3.C2H6/c1-24(2,3)30-23(28)25-18-10-8-17(9-11-18)21-16-22(27-12-14-29-15-13-27)19-6-4-5-7-20(19)26-21;1-2/h4-11,16H,12-15H2,1-3H3,(H,25,28);1-2H3. The van der Waals surface area contributed by atoms with Crippen molar-refractivity contribution in [1.29, 1.82) is 0 Å². The lowest BCUT2D eigenvalue weighted by atomic mass is 10.1. The molecule has 4 rings (SSSR count). The molecule has 1 fully saturated rings. The first-order valence-corrected chi connectivity index (χ1v) is 11.2. The van der Waals surface area contributed by atoms with Crippen LogP contribution < -0.4 is 10.2 Å². The van der Waals surface area contributed by atoms with Gasteiger partial charge in [0.25, 0.3) is 0 Å². The molecule has 2 aromatic carbocycles. The van der Waals surface area contributed by atoms with Crippen LogP contribution in [0.15, 0.2) is 54.6 Å². The number of ether oxygens (including phenoxy) is 2. The summed E-state index contributed by atoms with van der Waals surface area (Å²) in [6.45, 7) is 12.7. The van der Waals surface area contributed by atoms with Crippen LogP contribution in [0.4, 0.5) is 16.2 Å². The maximum Gasteiger partial charge on any atom is 0.412 e. The number of para-hydroxylation sites is 1. The number of hydrogen-bond acceptors (Lipinski definition) is 5. The van der Waals surface area contributed by atoms with Crippen LogP contribution in [0.2, 0.25) is 0 Å². The molecule has 3 aromatic rings.